The SMILES string of the molecule is O=Nc1ccc(N2C(=O)C3CC3C23CC3)cc1. The first-order chi connectivity index (χ1) is 8.26. The molecule has 2 aliphatic carbocycles. The van der Waals surface area contributed by atoms with Gasteiger partial charge in [0.25, 0.3) is 0 Å². The summed E-state index contributed by atoms with van der Waals surface area (Å²) in [5.74, 6) is 1.15. The number of carbonyl (C=O) groups is 1. The average molecular weight is 228 g/mol. The smallest absolute Gasteiger partial charge is 0.231 e. The lowest BCUT2D eigenvalue weighted by Crippen LogP contribution is -2.38. The fraction of sp³-hybridized carbons (Fsp3) is 0.462. The summed E-state index contributed by atoms with van der Waals surface area (Å²) in [5.41, 5.74) is 1.47. The number of anilines is 1. The molecule has 0 aromatic heterocycles. The van der Waals surface area contributed by atoms with Gasteiger partial charge in [-0.25, -0.2) is 0 Å². The first-order valence-corrected chi connectivity index (χ1v) is 6.04. The van der Waals surface area contributed by atoms with Crippen molar-refractivity contribution in [3.63, 3.8) is 0 Å². The normalized spacial score (nSPS) is 31.5. The Bertz CT molecular complexity index is 519. The van der Waals surface area contributed by atoms with E-state index >= 15 is 0 Å². The molecule has 1 aliphatic heterocycles. The van der Waals surface area contributed by atoms with Crippen molar-refractivity contribution in [1.29, 1.82) is 0 Å². The molecule has 3 aliphatic rings. The summed E-state index contributed by atoms with van der Waals surface area (Å²) in [4.78, 5) is 24.5. The number of nitroso groups, excluding NO2 is 1. The summed E-state index contributed by atoms with van der Waals surface area (Å²) >= 11 is 0. The van der Waals surface area contributed by atoms with Crippen LogP contribution in [0.25, 0.3) is 0 Å². The van der Waals surface area contributed by atoms with E-state index < -0.39 is 0 Å². The Morgan fingerprint density at radius 3 is 2.53 bits per heavy atom. The van der Waals surface area contributed by atoms with Gasteiger partial charge in [-0.2, -0.15) is 0 Å². The number of carbonyl (C=O) groups excluding carboxylic acids is 1. The van der Waals surface area contributed by atoms with Gasteiger partial charge in [-0.05, 0) is 54.6 Å². The van der Waals surface area contributed by atoms with Gasteiger partial charge in [0, 0.05) is 11.6 Å². The second-order valence-electron chi connectivity index (χ2n) is 5.33. The van der Waals surface area contributed by atoms with Crippen molar-refractivity contribution < 1.29 is 4.79 Å². The highest BCUT2D eigenvalue weighted by Crippen LogP contribution is 2.67. The maximum atomic E-state index is 12.2. The van der Waals surface area contributed by atoms with Crippen molar-refractivity contribution in [2.24, 2.45) is 17.0 Å². The van der Waals surface area contributed by atoms with Crippen molar-refractivity contribution >= 4 is 17.3 Å². The molecule has 2 atom stereocenters. The predicted molar refractivity (Wildman–Crippen MR) is 62.9 cm³/mol. The highest BCUT2D eigenvalue weighted by molar-refractivity contribution is 6.03. The van der Waals surface area contributed by atoms with E-state index in [1.807, 2.05) is 17.0 Å². The number of benzene rings is 1. The van der Waals surface area contributed by atoms with Crippen molar-refractivity contribution in [1.82, 2.24) is 0 Å². The van der Waals surface area contributed by atoms with Gasteiger partial charge in [0.05, 0.1) is 5.54 Å². The Labute approximate surface area is 98.6 Å². The Balaban J connectivity index is 1.74. The molecule has 1 aromatic rings. The third kappa shape index (κ3) is 1.05. The molecule has 4 heteroatoms. The second-order valence-corrected chi connectivity index (χ2v) is 5.33. The Morgan fingerprint density at radius 2 is 1.94 bits per heavy atom. The van der Waals surface area contributed by atoms with Gasteiger partial charge in [0.2, 0.25) is 5.91 Å². The molecule has 2 saturated carbocycles. The lowest BCUT2D eigenvalue weighted by molar-refractivity contribution is -0.118. The number of hydrogen-bond donors (Lipinski definition) is 0. The summed E-state index contributed by atoms with van der Waals surface area (Å²) in [6, 6.07) is 7.02. The number of fused-ring (bicyclic) bond motifs is 2. The minimum atomic E-state index is 0.137. The zero-order valence-electron chi connectivity index (χ0n) is 9.30. The van der Waals surface area contributed by atoms with Gasteiger partial charge in [-0.15, -0.1) is 4.91 Å². The fourth-order valence-corrected chi connectivity index (χ4v) is 3.38. The third-order valence-corrected chi connectivity index (χ3v) is 4.44. The molecular weight excluding hydrogens is 216 g/mol. The van der Waals surface area contributed by atoms with Crippen molar-refractivity contribution in [2.75, 3.05) is 4.90 Å². The first-order valence-electron chi connectivity index (χ1n) is 6.04. The van der Waals surface area contributed by atoms with Crippen molar-refractivity contribution in [2.45, 2.75) is 24.8 Å². The number of amides is 1. The van der Waals surface area contributed by atoms with E-state index in [1.54, 1.807) is 12.1 Å². The minimum absolute atomic E-state index is 0.137. The maximum Gasteiger partial charge on any atom is 0.231 e. The molecule has 17 heavy (non-hydrogen) atoms. The highest BCUT2D eigenvalue weighted by atomic mass is 16.3. The molecule has 1 saturated heterocycles. The van der Waals surface area contributed by atoms with Gasteiger partial charge in [0.15, 0.2) is 0 Å². The first kappa shape index (κ1) is 9.33. The van der Waals surface area contributed by atoms with Gasteiger partial charge >= 0.3 is 0 Å². The van der Waals surface area contributed by atoms with E-state index in [9.17, 15) is 9.70 Å². The third-order valence-electron chi connectivity index (χ3n) is 4.44. The van der Waals surface area contributed by atoms with Crippen LogP contribution in [0, 0.1) is 16.7 Å². The van der Waals surface area contributed by atoms with E-state index in [-0.39, 0.29) is 17.4 Å². The van der Waals surface area contributed by atoms with Gasteiger partial charge in [-0.3, -0.25) is 4.79 Å². The van der Waals surface area contributed by atoms with Crippen LogP contribution in [-0.4, -0.2) is 11.4 Å². The molecule has 0 radical (unpaired) electrons. The molecule has 1 aromatic carbocycles. The van der Waals surface area contributed by atoms with Crippen LogP contribution in [0.5, 0.6) is 0 Å². The van der Waals surface area contributed by atoms with Gasteiger partial charge in [-0.1, -0.05) is 0 Å². The average Bonchev–Trinajstić information content (AvgIpc) is 3.22. The number of nitrogens with zero attached hydrogens (tertiary/aromatic N) is 2. The standard InChI is InChI=1S/C13H12N2O2/c16-12-10-7-11(10)13(5-6-13)15(12)9-3-1-8(14-17)2-4-9/h1-4,10-11H,5-7H2. The van der Waals surface area contributed by atoms with Gasteiger partial charge < -0.3 is 4.90 Å². The van der Waals surface area contributed by atoms with Gasteiger partial charge in [0.1, 0.15) is 5.69 Å². The van der Waals surface area contributed by atoms with Crippen LogP contribution in [0.15, 0.2) is 29.4 Å². The summed E-state index contributed by atoms with van der Waals surface area (Å²) in [6.45, 7) is 0. The number of rotatable bonds is 2. The lowest BCUT2D eigenvalue weighted by Gasteiger charge is -2.27. The summed E-state index contributed by atoms with van der Waals surface area (Å²) in [6.07, 6.45) is 3.35. The fourth-order valence-electron chi connectivity index (χ4n) is 3.38. The van der Waals surface area contributed by atoms with Crippen molar-refractivity contribution in [3.05, 3.63) is 29.2 Å². The summed E-state index contributed by atoms with van der Waals surface area (Å²) < 4.78 is 0. The Kier molecular flexibility index (Phi) is 1.51. The minimum Gasteiger partial charge on any atom is -0.306 e. The second kappa shape index (κ2) is 2.75. The quantitative estimate of drug-likeness (QED) is 0.730. The highest BCUT2D eigenvalue weighted by Gasteiger charge is 2.72. The van der Waals surface area contributed by atoms with Crippen LogP contribution < -0.4 is 4.90 Å². The molecule has 3 fully saturated rings. The number of hydrogen-bond acceptors (Lipinski definition) is 3. The molecule has 2 unspecified atom stereocenters. The van der Waals surface area contributed by atoms with E-state index in [0.29, 0.717) is 11.6 Å². The van der Waals surface area contributed by atoms with Crippen LogP contribution in [0.1, 0.15) is 19.3 Å². The van der Waals surface area contributed by atoms with Crippen LogP contribution in [0.3, 0.4) is 0 Å². The molecule has 1 amide bonds. The summed E-state index contributed by atoms with van der Waals surface area (Å²) in [5, 5.41) is 2.88. The zero-order chi connectivity index (χ0) is 11.6. The Hall–Kier alpha value is -1.71. The Morgan fingerprint density at radius 1 is 1.24 bits per heavy atom. The van der Waals surface area contributed by atoms with Crippen LogP contribution in [-0.2, 0) is 4.79 Å². The summed E-state index contributed by atoms with van der Waals surface area (Å²) in [7, 11) is 0. The largest absolute Gasteiger partial charge is 0.306 e. The topological polar surface area (TPSA) is 49.7 Å². The number of piperidine rings is 1. The molecule has 1 spiro atoms. The lowest BCUT2D eigenvalue weighted by atomic mass is 10.1. The van der Waals surface area contributed by atoms with Crippen LogP contribution >= 0.6 is 0 Å². The molecule has 1 heterocycles. The van der Waals surface area contributed by atoms with Crippen molar-refractivity contribution in [3.8, 4) is 0 Å². The monoisotopic (exact) mass is 228 g/mol. The van der Waals surface area contributed by atoms with E-state index in [0.717, 1.165) is 24.9 Å². The van der Waals surface area contributed by atoms with Crippen LogP contribution in [0.4, 0.5) is 11.4 Å². The molecule has 0 bridgehead atoms. The van der Waals surface area contributed by atoms with E-state index in [1.165, 1.54) is 0 Å². The van der Waals surface area contributed by atoms with E-state index in [2.05, 4.69) is 5.18 Å². The predicted octanol–water partition coefficient (Wildman–Crippen LogP) is 2.60. The maximum absolute atomic E-state index is 12.2. The van der Waals surface area contributed by atoms with E-state index in [4.69, 9.17) is 0 Å². The molecule has 4 nitrogen and oxygen atoms in total. The molecule has 0 N–H and O–H groups in total. The molecule has 4 rings (SSSR count). The molecule has 86 valence electrons. The molecular formula is C13H12N2O2. The zero-order valence-corrected chi connectivity index (χ0v) is 9.30. The van der Waals surface area contributed by atoms with Crippen LogP contribution in [0.2, 0.25) is 0 Å².